The standard InChI is InChI=1S/C33H55N7O11S/c1-4-5-12-28(40(49)32(45)20-17-29(42)34-21-8-6-10-23-38(47)26(3)41)36-30(43)18-19-31(44)39(48)24-11-7-9-22-35-33(46)37-52(50,51)27-15-13-25(2)14-16-27/h13-16,28,47-49H,4-12,17-24H2,1-3H3,(H,34,42)(H,36,43)(H2,35,37,46). The maximum atomic E-state index is 12.6. The van der Waals surface area contributed by atoms with Crippen LogP contribution in [0.4, 0.5) is 4.79 Å². The molecule has 0 fully saturated rings. The summed E-state index contributed by atoms with van der Waals surface area (Å²) in [6.45, 7) is 5.58. The second kappa shape index (κ2) is 24.8. The number of hydroxylamine groups is 6. The number of unbranched alkanes of at least 4 members (excludes halogenated alkanes) is 5. The van der Waals surface area contributed by atoms with Gasteiger partial charge in [0.1, 0.15) is 6.17 Å². The summed E-state index contributed by atoms with van der Waals surface area (Å²) in [4.78, 5) is 72.6. The van der Waals surface area contributed by atoms with Crippen molar-refractivity contribution in [3.8, 4) is 0 Å². The van der Waals surface area contributed by atoms with Gasteiger partial charge in [-0.05, 0) is 70.4 Å². The van der Waals surface area contributed by atoms with Gasteiger partial charge in [0, 0.05) is 58.8 Å². The first-order valence-electron chi connectivity index (χ1n) is 17.5. The molecule has 0 saturated carbocycles. The van der Waals surface area contributed by atoms with Crippen LogP contribution in [-0.2, 0) is 34.0 Å². The first-order valence-corrected chi connectivity index (χ1v) is 19.0. The van der Waals surface area contributed by atoms with E-state index in [1.807, 2.05) is 11.6 Å². The SMILES string of the molecule is CCCCC(NC(=O)CCC(=O)N(O)CCCCCNC(=O)NS(=O)(=O)c1ccc(C)cc1)N(O)C(=O)CCC(=O)NCCCCCN(O)C(C)=O. The molecule has 294 valence electrons. The van der Waals surface area contributed by atoms with Crippen LogP contribution in [0.15, 0.2) is 29.2 Å². The van der Waals surface area contributed by atoms with Crippen LogP contribution in [0.1, 0.15) is 103 Å². The first kappa shape index (κ1) is 45.7. The van der Waals surface area contributed by atoms with Gasteiger partial charge >= 0.3 is 6.03 Å². The Balaban J connectivity index is 2.33. The predicted molar refractivity (Wildman–Crippen MR) is 187 cm³/mol. The molecule has 52 heavy (non-hydrogen) atoms. The molecule has 0 aliphatic rings. The Morgan fingerprint density at radius 3 is 1.87 bits per heavy atom. The van der Waals surface area contributed by atoms with Crippen LogP contribution in [0.25, 0.3) is 0 Å². The van der Waals surface area contributed by atoms with E-state index in [4.69, 9.17) is 0 Å². The summed E-state index contributed by atoms with van der Waals surface area (Å²) in [7, 11) is -4.01. The topological polar surface area (TPSA) is 255 Å². The predicted octanol–water partition coefficient (Wildman–Crippen LogP) is 2.31. The van der Waals surface area contributed by atoms with E-state index < -0.39 is 51.8 Å². The molecule has 19 heteroatoms. The van der Waals surface area contributed by atoms with Crippen LogP contribution >= 0.6 is 0 Å². The largest absolute Gasteiger partial charge is 0.356 e. The number of rotatable bonds is 25. The van der Waals surface area contributed by atoms with Gasteiger partial charge in [-0.1, -0.05) is 31.0 Å². The number of aryl methyl sites for hydroxylation is 1. The number of urea groups is 1. The third-order valence-electron chi connectivity index (χ3n) is 7.75. The molecule has 0 aliphatic heterocycles. The summed E-state index contributed by atoms with van der Waals surface area (Å²) >= 11 is 0. The van der Waals surface area contributed by atoms with Crippen molar-refractivity contribution in [2.45, 2.75) is 115 Å². The number of nitrogens with zero attached hydrogens (tertiary/aromatic N) is 3. The molecule has 1 atom stereocenters. The fourth-order valence-electron chi connectivity index (χ4n) is 4.63. The van der Waals surface area contributed by atoms with Crippen molar-refractivity contribution >= 4 is 45.6 Å². The molecule has 1 aromatic rings. The fraction of sp³-hybridized carbons (Fsp3) is 0.636. The number of benzene rings is 1. The lowest BCUT2D eigenvalue weighted by Crippen LogP contribution is -2.49. The highest BCUT2D eigenvalue weighted by atomic mass is 32.2. The maximum Gasteiger partial charge on any atom is 0.328 e. The lowest BCUT2D eigenvalue weighted by molar-refractivity contribution is -0.181. The molecular formula is C33H55N7O11S. The molecule has 7 N–H and O–H groups in total. The van der Waals surface area contributed by atoms with Crippen molar-refractivity contribution in [1.29, 1.82) is 0 Å². The monoisotopic (exact) mass is 757 g/mol. The second-order valence-corrected chi connectivity index (χ2v) is 14.0. The van der Waals surface area contributed by atoms with E-state index in [0.29, 0.717) is 73.1 Å². The minimum Gasteiger partial charge on any atom is -0.356 e. The molecule has 0 radical (unpaired) electrons. The van der Waals surface area contributed by atoms with E-state index in [2.05, 4.69) is 16.0 Å². The Labute approximate surface area is 305 Å². The third-order valence-corrected chi connectivity index (χ3v) is 9.10. The molecule has 7 amide bonds. The number of nitrogens with one attached hydrogen (secondary N) is 4. The Morgan fingerprint density at radius 2 is 1.27 bits per heavy atom. The van der Waals surface area contributed by atoms with Gasteiger partial charge in [-0.3, -0.25) is 39.6 Å². The fourth-order valence-corrected chi connectivity index (χ4v) is 5.56. The van der Waals surface area contributed by atoms with E-state index >= 15 is 0 Å². The molecule has 0 bridgehead atoms. The van der Waals surface area contributed by atoms with Gasteiger partial charge in [-0.15, -0.1) is 0 Å². The number of amides is 7. The zero-order chi connectivity index (χ0) is 39.1. The molecule has 1 aromatic carbocycles. The number of hydrogen-bond donors (Lipinski definition) is 7. The molecule has 0 aromatic heterocycles. The summed E-state index contributed by atoms with van der Waals surface area (Å²) < 4.78 is 26.5. The Morgan fingerprint density at radius 1 is 0.712 bits per heavy atom. The van der Waals surface area contributed by atoms with Crippen molar-refractivity contribution in [3.05, 3.63) is 29.8 Å². The van der Waals surface area contributed by atoms with Crippen LogP contribution in [0.3, 0.4) is 0 Å². The normalized spacial score (nSPS) is 11.6. The van der Waals surface area contributed by atoms with Crippen molar-refractivity contribution in [2.75, 3.05) is 26.2 Å². The smallest absolute Gasteiger partial charge is 0.328 e. The van der Waals surface area contributed by atoms with Gasteiger partial charge in [-0.25, -0.2) is 33.1 Å². The van der Waals surface area contributed by atoms with Crippen molar-refractivity contribution < 1.29 is 52.8 Å². The van der Waals surface area contributed by atoms with Crippen LogP contribution in [0.2, 0.25) is 0 Å². The van der Waals surface area contributed by atoms with E-state index in [-0.39, 0.29) is 56.6 Å². The molecule has 18 nitrogen and oxygen atoms in total. The molecule has 1 unspecified atom stereocenters. The van der Waals surface area contributed by atoms with E-state index in [1.54, 1.807) is 19.1 Å². The lowest BCUT2D eigenvalue weighted by atomic mass is 10.1. The summed E-state index contributed by atoms with van der Waals surface area (Å²) in [6, 6.07) is 5.13. The lowest BCUT2D eigenvalue weighted by Gasteiger charge is -2.27. The average Bonchev–Trinajstić information content (AvgIpc) is 3.10. The van der Waals surface area contributed by atoms with Gasteiger partial charge in [0.25, 0.3) is 10.0 Å². The highest BCUT2D eigenvalue weighted by Gasteiger charge is 2.25. The quantitative estimate of drug-likeness (QED) is 0.0330. The second-order valence-electron chi connectivity index (χ2n) is 12.3. The summed E-state index contributed by atoms with van der Waals surface area (Å²) in [5.41, 5.74) is 0.871. The van der Waals surface area contributed by atoms with E-state index in [0.717, 1.165) is 5.56 Å². The van der Waals surface area contributed by atoms with Crippen LogP contribution in [0, 0.1) is 6.92 Å². The van der Waals surface area contributed by atoms with Gasteiger partial charge in [0.15, 0.2) is 0 Å². The van der Waals surface area contributed by atoms with Crippen LogP contribution in [0.5, 0.6) is 0 Å². The Bertz CT molecular complexity index is 1410. The molecule has 0 aliphatic carbocycles. The van der Waals surface area contributed by atoms with Crippen molar-refractivity contribution in [2.24, 2.45) is 0 Å². The highest BCUT2D eigenvalue weighted by molar-refractivity contribution is 7.90. The highest BCUT2D eigenvalue weighted by Crippen LogP contribution is 2.11. The van der Waals surface area contributed by atoms with E-state index in [9.17, 15) is 52.8 Å². The Hall–Kier alpha value is -4.33. The molecule has 1 rings (SSSR count). The molecule has 0 saturated heterocycles. The minimum atomic E-state index is -4.01. The number of carbonyl (C=O) groups is 6. The number of sulfonamides is 1. The van der Waals surface area contributed by atoms with Gasteiger partial charge in [-0.2, -0.15) is 0 Å². The van der Waals surface area contributed by atoms with Crippen LogP contribution in [-0.4, -0.2) is 107 Å². The average molecular weight is 758 g/mol. The molecule has 0 heterocycles. The van der Waals surface area contributed by atoms with Crippen molar-refractivity contribution in [1.82, 2.24) is 35.9 Å². The van der Waals surface area contributed by atoms with Crippen LogP contribution < -0.4 is 20.7 Å². The minimum absolute atomic E-state index is 0.0380. The Kier molecular flexibility index (Phi) is 21.8. The van der Waals surface area contributed by atoms with Gasteiger partial charge in [0.2, 0.25) is 29.5 Å². The number of hydrogen-bond acceptors (Lipinski definition) is 11. The van der Waals surface area contributed by atoms with Gasteiger partial charge < -0.3 is 16.0 Å². The zero-order valence-electron chi connectivity index (χ0n) is 30.3. The van der Waals surface area contributed by atoms with Crippen molar-refractivity contribution in [3.63, 3.8) is 0 Å². The zero-order valence-corrected chi connectivity index (χ0v) is 31.1. The molecular weight excluding hydrogens is 702 g/mol. The first-order chi connectivity index (χ1) is 24.6. The summed E-state index contributed by atoms with van der Waals surface area (Å²) in [6.07, 6.45) is 2.37. The summed E-state index contributed by atoms with van der Waals surface area (Å²) in [5.74, 6) is -2.97. The van der Waals surface area contributed by atoms with Gasteiger partial charge in [0.05, 0.1) is 4.90 Å². The number of carbonyl (C=O) groups excluding carboxylic acids is 6. The van der Waals surface area contributed by atoms with E-state index in [1.165, 1.54) is 19.1 Å². The molecule has 0 spiro atoms. The maximum absolute atomic E-state index is 12.6. The third kappa shape index (κ3) is 19.3. The summed E-state index contributed by atoms with van der Waals surface area (Å²) in [5, 5.41) is 39.0.